The maximum atomic E-state index is 13.0. The molecule has 0 aromatic carbocycles. The molecular weight excluding hydrogens is 318 g/mol. The van der Waals surface area contributed by atoms with Crippen LogP contribution in [-0.2, 0) is 18.4 Å². The van der Waals surface area contributed by atoms with Crippen molar-refractivity contribution < 1.29 is 4.79 Å². The van der Waals surface area contributed by atoms with E-state index in [2.05, 4.69) is 15.0 Å². The number of carbonyl (C=O) groups is 1. The van der Waals surface area contributed by atoms with E-state index in [0.29, 0.717) is 23.0 Å². The average Bonchev–Trinajstić information content (AvgIpc) is 3.37. The van der Waals surface area contributed by atoms with Crippen molar-refractivity contribution >= 4 is 16.9 Å². The summed E-state index contributed by atoms with van der Waals surface area (Å²) in [5, 5.41) is 4.54. The van der Waals surface area contributed by atoms with Gasteiger partial charge in [-0.25, -0.2) is 4.98 Å². The van der Waals surface area contributed by atoms with Crippen molar-refractivity contribution in [1.82, 2.24) is 24.2 Å². The van der Waals surface area contributed by atoms with Gasteiger partial charge in [-0.1, -0.05) is 19.3 Å². The lowest BCUT2D eigenvalue weighted by Crippen LogP contribution is -2.45. The Morgan fingerprint density at radius 1 is 1.24 bits per heavy atom. The van der Waals surface area contributed by atoms with Crippen LogP contribution in [0.1, 0.15) is 44.9 Å². The van der Waals surface area contributed by atoms with Crippen molar-refractivity contribution in [3.05, 3.63) is 22.9 Å². The third kappa shape index (κ3) is 3.32. The molecule has 0 bridgehead atoms. The fourth-order valence-electron chi connectivity index (χ4n) is 3.84. The van der Waals surface area contributed by atoms with E-state index in [1.807, 2.05) is 0 Å². The summed E-state index contributed by atoms with van der Waals surface area (Å²) in [6.07, 6.45) is 11.3. The van der Waals surface area contributed by atoms with Crippen LogP contribution in [0, 0.1) is 5.92 Å². The van der Waals surface area contributed by atoms with Crippen LogP contribution in [0.4, 0.5) is 0 Å². The molecule has 0 saturated heterocycles. The van der Waals surface area contributed by atoms with Crippen molar-refractivity contribution in [2.75, 3.05) is 6.54 Å². The molecule has 0 unspecified atom stereocenters. The number of nitrogens with zero attached hydrogens (tertiary/aromatic N) is 5. The standard InChI is InChI=1S/C18H25N5O2/c1-21-17-15(9-20-21)18(25)22(12-19-17)11-16(24)23(10-13-7-8-13)14-5-3-2-4-6-14/h9,12-14H,2-8,10-11H2,1H3. The number of amides is 1. The molecule has 0 N–H and O–H groups in total. The van der Waals surface area contributed by atoms with Gasteiger partial charge in [0.2, 0.25) is 5.91 Å². The molecule has 0 spiro atoms. The van der Waals surface area contributed by atoms with Crippen LogP contribution in [0.15, 0.2) is 17.3 Å². The molecule has 0 atom stereocenters. The smallest absolute Gasteiger partial charge is 0.264 e. The van der Waals surface area contributed by atoms with Gasteiger partial charge in [-0.15, -0.1) is 0 Å². The molecule has 2 fully saturated rings. The fraction of sp³-hybridized carbons (Fsp3) is 0.667. The van der Waals surface area contributed by atoms with Crippen LogP contribution in [-0.4, -0.2) is 42.7 Å². The largest absolute Gasteiger partial charge is 0.338 e. The molecule has 2 heterocycles. The quantitative estimate of drug-likeness (QED) is 0.828. The Kier molecular flexibility index (Phi) is 4.31. The van der Waals surface area contributed by atoms with Gasteiger partial charge >= 0.3 is 0 Å². The third-order valence-corrected chi connectivity index (χ3v) is 5.51. The second-order valence-electron chi connectivity index (χ2n) is 7.46. The number of hydrogen-bond acceptors (Lipinski definition) is 4. The first-order valence-electron chi connectivity index (χ1n) is 9.30. The summed E-state index contributed by atoms with van der Waals surface area (Å²) >= 11 is 0. The van der Waals surface area contributed by atoms with Crippen LogP contribution < -0.4 is 5.56 Å². The molecule has 2 aliphatic rings. The van der Waals surface area contributed by atoms with E-state index < -0.39 is 0 Å². The van der Waals surface area contributed by atoms with Crippen molar-refractivity contribution in [3.8, 4) is 0 Å². The maximum Gasteiger partial charge on any atom is 0.264 e. The minimum atomic E-state index is -0.193. The Morgan fingerprint density at radius 2 is 2.00 bits per heavy atom. The summed E-state index contributed by atoms with van der Waals surface area (Å²) in [5.41, 5.74) is 0.359. The summed E-state index contributed by atoms with van der Waals surface area (Å²) in [4.78, 5) is 31.9. The molecule has 2 saturated carbocycles. The second-order valence-corrected chi connectivity index (χ2v) is 7.46. The SMILES string of the molecule is Cn1ncc2c(=O)n(CC(=O)N(CC3CC3)C3CCCCC3)cnc21. The monoisotopic (exact) mass is 343 g/mol. The lowest BCUT2D eigenvalue weighted by molar-refractivity contribution is -0.135. The first kappa shape index (κ1) is 16.3. The average molecular weight is 343 g/mol. The molecule has 2 aliphatic carbocycles. The molecule has 0 radical (unpaired) electrons. The minimum absolute atomic E-state index is 0.0472. The number of carbonyl (C=O) groups excluding carboxylic acids is 1. The summed E-state index contributed by atoms with van der Waals surface area (Å²) in [5.74, 6) is 0.701. The molecule has 4 rings (SSSR count). The molecule has 7 heteroatoms. The van der Waals surface area contributed by atoms with Gasteiger partial charge in [0.1, 0.15) is 18.3 Å². The zero-order valence-corrected chi connectivity index (χ0v) is 14.7. The fourth-order valence-corrected chi connectivity index (χ4v) is 3.84. The van der Waals surface area contributed by atoms with Gasteiger partial charge < -0.3 is 4.90 Å². The van der Waals surface area contributed by atoms with E-state index in [4.69, 9.17) is 0 Å². The van der Waals surface area contributed by atoms with E-state index in [1.165, 1.54) is 49.2 Å². The van der Waals surface area contributed by atoms with Gasteiger partial charge in [0, 0.05) is 19.6 Å². The molecule has 2 aromatic heterocycles. The van der Waals surface area contributed by atoms with Crippen molar-refractivity contribution in [1.29, 1.82) is 0 Å². The van der Waals surface area contributed by atoms with Gasteiger partial charge in [-0.3, -0.25) is 18.8 Å². The Morgan fingerprint density at radius 3 is 2.72 bits per heavy atom. The molecule has 0 aliphatic heterocycles. The highest BCUT2D eigenvalue weighted by molar-refractivity contribution is 5.77. The van der Waals surface area contributed by atoms with Crippen molar-refractivity contribution in [2.24, 2.45) is 13.0 Å². The van der Waals surface area contributed by atoms with Crippen LogP contribution in [0.2, 0.25) is 0 Å². The van der Waals surface area contributed by atoms with Gasteiger partial charge in [-0.2, -0.15) is 5.10 Å². The Balaban J connectivity index is 1.56. The minimum Gasteiger partial charge on any atom is -0.338 e. The number of rotatable bonds is 5. The van der Waals surface area contributed by atoms with Crippen LogP contribution >= 0.6 is 0 Å². The van der Waals surface area contributed by atoms with Crippen molar-refractivity contribution in [3.63, 3.8) is 0 Å². The number of fused-ring (bicyclic) bond motifs is 1. The molecule has 134 valence electrons. The third-order valence-electron chi connectivity index (χ3n) is 5.51. The first-order chi connectivity index (χ1) is 12.1. The van der Waals surface area contributed by atoms with Gasteiger partial charge in [0.15, 0.2) is 5.65 Å². The zero-order valence-electron chi connectivity index (χ0n) is 14.7. The van der Waals surface area contributed by atoms with Crippen LogP contribution in [0.25, 0.3) is 11.0 Å². The second kappa shape index (κ2) is 6.61. The maximum absolute atomic E-state index is 13.0. The van der Waals surface area contributed by atoms with E-state index in [0.717, 1.165) is 19.4 Å². The van der Waals surface area contributed by atoms with Gasteiger partial charge in [0.25, 0.3) is 5.56 Å². The number of hydrogen-bond donors (Lipinski definition) is 0. The molecule has 25 heavy (non-hydrogen) atoms. The van der Waals surface area contributed by atoms with E-state index in [9.17, 15) is 9.59 Å². The molecule has 7 nitrogen and oxygen atoms in total. The molecule has 2 aromatic rings. The van der Waals surface area contributed by atoms with Crippen molar-refractivity contribution in [2.45, 2.75) is 57.5 Å². The van der Waals surface area contributed by atoms with Gasteiger partial charge in [0.05, 0.1) is 6.20 Å². The highest BCUT2D eigenvalue weighted by Crippen LogP contribution is 2.32. The van der Waals surface area contributed by atoms with Gasteiger partial charge in [-0.05, 0) is 31.6 Å². The predicted octanol–water partition coefficient (Wildman–Crippen LogP) is 1.70. The summed E-state index contributed by atoms with van der Waals surface area (Å²) < 4.78 is 3.00. The highest BCUT2D eigenvalue weighted by atomic mass is 16.2. The lowest BCUT2D eigenvalue weighted by Gasteiger charge is -2.34. The molecular formula is C18H25N5O2. The first-order valence-corrected chi connectivity index (χ1v) is 9.30. The topological polar surface area (TPSA) is 73.0 Å². The number of aryl methyl sites for hydroxylation is 1. The summed E-state index contributed by atoms with van der Waals surface area (Å²) in [6.45, 7) is 0.917. The highest BCUT2D eigenvalue weighted by Gasteiger charge is 2.32. The Bertz CT molecular complexity index is 830. The lowest BCUT2D eigenvalue weighted by atomic mass is 9.94. The summed E-state index contributed by atoms with van der Waals surface area (Å²) in [7, 11) is 1.75. The Labute approximate surface area is 146 Å². The molecule has 1 amide bonds. The Hall–Kier alpha value is -2.18. The van der Waals surface area contributed by atoms with Crippen LogP contribution in [0.5, 0.6) is 0 Å². The van der Waals surface area contributed by atoms with E-state index in [1.54, 1.807) is 11.7 Å². The van der Waals surface area contributed by atoms with Crippen LogP contribution in [0.3, 0.4) is 0 Å². The predicted molar refractivity (Wildman–Crippen MR) is 94.1 cm³/mol. The van der Waals surface area contributed by atoms with E-state index in [-0.39, 0.29) is 18.0 Å². The zero-order chi connectivity index (χ0) is 17.4. The number of aromatic nitrogens is 4. The van der Waals surface area contributed by atoms with E-state index >= 15 is 0 Å². The summed E-state index contributed by atoms with van der Waals surface area (Å²) in [6, 6.07) is 0.340. The normalized spacial score (nSPS) is 18.6.